The quantitative estimate of drug-likeness (QED) is 0.913. The first kappa shape index (κ1) is 14.0. The van der Waals surface area contributed by atoms with Gasteiger partial charge in [-0.1, -0.05) is 24.6 Å². The number of aromatic nitrogens is 2. The SMILES string of the molecule is CCc1nn(C)cc1CNCc1ccc(F)cc1Cl. The second-order valence-corrected chi connectivity index (χ2v) is 4.87. The summed E-state index contributed by atoms with van der Waals surface area (Å²) in [5.41, 5.74) is 3.17. The number of rotatable bonds is 5. The summed E-state index contributed by atoms with van der Waals surface area (Å²) in [6.07, 6.45) is 2.92. The molecule has 3 nitrogen and oxygen atoms in total. The molecule has 2 aromatic rings. The Kier molecular flexibility index (Phi) is 4.56. The van der Waals surface area contributed by atoms with E-state index in [2.05, 4.69) is 17.3 Å². The van der Waals surface area contributed by atoms with E-state index >= 15 is 0 Å². The van der Waals surface area contributed by atoms with Gasteiger partial charge in [0.05, 0.1) is 5.69 Å². The third kappa shape index (κ3) is 3.55. The average molecular weight is 282 g/mol. The Morgan fingerprint density at radius 1 is 1.32 bits per heavy atom. The Hall–Kier alpha value is -1.39. The Labute approximate surface area is 117 Å². The molecule has 0 atom stereocenters. The van der Waals surface area contributed by atoms with Crippen molar-refractivity contribution in [3.05, 3.63) is 52.1 Å². The van der Waals surface area contributed by atoms with E-state index in [1.54, 1.807) is 6.07 Å². The molecule has 1 N–H and O–H groups in total. The van der Waals surface area contributed by atoms with Gasteiger partial charge in [0.2, 0.25) is 0 Å². The van der Waals surface area contributed by atoms with Crippen molar-refractivity contribution >= 4 is 11.6 Å². The fourth-order valence-corrected chi connectivity index (χ4v) is 2.26. The molecule has 0 aliphatic carbocycles. The molecule has 102 valence electrons. The molecule has 0 spiro atoms. The molecule has 0 fully saturated rings. The lowest BCUT2D eigenvalue weighted by atomic mass is 10.2. The molecule has 0 aliphatic rings. The maximum Gasteiger partial charge on any atom is 0.124 e. The lowest BCUT2D eigenvalue weighted by molar-refractivity contribution is 0.625. The maximum absolute atomic E-state index is 12.9. The third-order valence-corrected chi connectivity index (χ3v) is 3.32. The molecule has 0 bridgehead atoms. The van der Waals surface area contributed by atoms with Crippen LogP contribution in [0.4, 0.5) is 4.39 Å². The second-order valence-electron chi connectivity index (χ2n) is 4.47. The van der Waals surface area contributed by atoms with E-state index < -0.39 is 0 Å². The molecule has 19 heavy (non-hydrogen) atoms. The van der Waals surface area contributed by atoms with Gasteiger partial charge in [-0.3, -0.25) is 4.68 Å². The molecule has 0 saturated heterocycles. The van der Waals surface area contributed by atoms with Crippen LogP contribution in [0, 0.1) is 5.82 Å². The summed E-state index contributed by atoms with van der Waals surface area (Å²) in [5.74, 6) is -0.311. The van der Waals surface area contributed by atoms with Crippen molar-refractivity contribution in [3.63, 3.8) is 0 Å². The van der Waals surface area contributed by atoms with Crippen molar-refractivity contribution in [1.29, 1.82) is 0 Å². The highest BCUT2D eigenvalue weighted by molar-refractivity contribution is 6.31. The van der Waals surface area contributed by atoms with Crippen LogP contribution in [0.5, 0.6) is 0 Å². The molecule has 0 saturated carbocycles. The number of nitrogens with one attached hydrogen (secondary N) is 1. The highest BCUT2D eigenvalue weighted by atomic mass is 35.5. The highest BCUT2D eigenvalue weighted by Gasteiger charge is 2.06. The van der Waals surface area contributed by atoms with Crippen molar-refractivity contribution in [3.8, 4) is 0 Å². The predicted molar refractivity (Wildman–Crippen MR) is 74.5 cm³/mol. The Balaban J connectivity index is 1.96. The van der Waals surface area contributed by atoms with Crippen molar-refractivity contribution < 1.29 is 4.39 Å². The first-order valence-corrected chi connectivity index (χ1v) is 6.64. The lowest BCUT2D eigenvalue weighted by Gasteiger charge is -2.06. The number of hydrogen-bond donors (Lipinski definition) is 1. The number of benzene rings is 1. The summed E-state index contributed by atoms with van der Waals surface area (Å²) >= 11 is 5.98. The van der Waals surface area contributed by atoms with Crippen LogP contribution in [-0.2, 0) is 26.6 Å². The van der Waals surface area contributed by atoms with E-state index in [1.165, 1.54) is 17.7 Å². The van der Waals surface area contributed by atoms with Gasteiger partial charge in [-0.25, -0.2) is 4.39 Å². The summed E-state index contributed by atoms with van der Waals surface area (Å²) in [7, 11) is 1.92. The van der Waals surface area contributed by atoms with E-state index in [4.69, 9.17) is 11.6 Å². The minimum absolute atomic E-state index is 0.311. The summed E-state index contributed by atoms with van der Waals surface area (Å²) in [5, 5.41) is 8.14. The average Bonchev–Trinajstić information content (AvgIpc) is 2.72. The topological polar surface area (TPSA) is 29.9 Å². The lowest BCUT2D eigenvalue weighted by Crippen LogP contribution is -2.13. The monoisotopic (exact) mass is 281 g/mol. The minimum Gasteiger partial charge on any atom is -0.308 e. The Morgan fingerprint density at radius 2 is 2.05 bits per heavy atom. The fourth-order valence-electron chi connectivity index (χ4n) is 2.03. The van der Waals surface area contributed by atoms with Gasteiger partial charge in [-0.2, -0.15) is 5.10 Å². The van der Waals surface area contributed by atoms with Gasteiger partial charge in [0.1, 0.15) is 5.82 Å². The second kappa shape index (κ2) is 6.17. The van der Waals surface area contributed by atoms with E-state index in [0.717, 1.165) is 24.2 Å². The Morgan fingerprint density at radius 3 is 2.74 bits per heavy atom. The predicted octanol–water partition coefficient (Wildman–Crippen LogP) is 3.06. The van der Waals surface area contributed by atoms with Crippen LogP contribution in [0.1, 0.15) is 23.7 Å². The standard InChI is InChI=1S/C14H17ClFN3/c1-3-14-11(9-19(2)18-14)8-17-7-10-4-5-12(16)6-13(10)15/h4-6,9,17H,3,7-8H2,1-2H3. The molecule has 2 rings (SSSR count). The molecule has 0 unspecified atom stereocenters. The Bertz CT molecular complexity index is 566. The van der Waals surface area contributed by atoms with Gasteiger partial charge in [-0.15, -0.1) is 0 Å². The van der Waals surface area contributed by atoms with Crippen molar-refractivity contribution in [2.45, 2.75) is 26.4 Å². The largest absolute Gasteiger partial charge is 0.308 e. The summed E-state index contributed by atoms with van der Waals surface area (Å²) in [4.78, 5) is 0. The smallest absolute Gasteiger partial charge is 0.124 e. The molecular weight excluding hydrogens is 265 g/mol. The van der Waals surface area contributed by atoms with E-state index in [1.807, 2.05) is 17.9 Å². The molecule has 5 heteroatoms. The highest BCUT2D eigenvalue weighted by Crippen LogP contribution is 2.17. The first-order valence-electron chi connectivity index (χ1n) is 6.26. The zero-order chi connectivity index (χ0) is 13.8. The molecule has 0 aliphatic heterocycles. The van der Waals surface area contributed by atoms with E-state index in [0.29, 0.717) is 11.6 Å². The summed E-state index contributed by atoms with van der Waals surface area (Å²) in [6.45, 7) is 3.42. The first-order chi connectivity index (χ1) is 9.10. The van der Waals surface area contributed by atoms with Crippen LogP contribution in [0.25, 0.3) is 0 Å². The number of halogens is 2. The van der Waals surface area contributed by atoms with Gasteiger partial charge in [0.25, 0.3) is 0 Å². The van der Waals surface area contributed by atoms with Crippen molar-refractivity contribution in [2.75, 3.05) is 0 Å². The molecule has 1 aromatic carbocycles. The number of hydrogen-bond acceptors (Lipinski definition) is 2. The van der Waals surface area contributed by atoms with Gasteiger partial charge in [0.15, 0.2) is 0 Å². The summed E-state index contributed by atoms with van der Waals surface area (Å²) in [6, 6.07) is 4.46. The van der Waals surface area contributed by atoms with Crippen LogP contribution >= 0.6 is 11.6 Å². The van der Waals surface area contributed by atoms with Gasteiger partial charge < -0.3 is 5.32 Å². The van der Waals surface area contributed by atoms with Gasteiger partial charge in [0, 0.05) is 36.9 Å². The maximum atomic E-state index is 12.9. The van der Waals surface area contributed by atoms with Crippen molar-refractivity contribution in [1.82, 2.24) is 15.1 Å². The number of aryl methyl sites for hydroxylation is 2. The van der Waals surface area contributed by atoms with Crippen LogP contribution in [0.2, 0.25) is 5.02 Å². The van der Waals surface area contributed by atoms with E-state index in [-0.39, 0.29) is 5.82 Å². The minimum atomic E-state index is -0.311. The fraction of sp³-hybridized carbons (Fsp3) is 0.357. The normalized spacial score (nSPS) is 10.9. The summed E-state index contributed by atoms with van der Waals surface area (Å²) < 4.78 is 14.7. The molecular formula is C14H17ClFN3. The van der Waals surface area contributed by atoms with Crippen LogP contribution in [-0.4, -0.2) is 9.78 Å². The zero-order valence-corrected chi connectivity index (χ0v) is 11.8. The van der Waals surface area contributed by atoms with Crippen molar-refractivity contribution in [2.24, 2.45) is 7.05 Å². The zero-order valence-electron chi connectivity index (χ0n) is 11.1. The molecule has 1 heterocycles. The van der Waals surface area contributed by atoms with Crippen LogP contribution < -0.4 is 5.32 Å². The molecule has 1 aromatic heterocycles. The molecule has 0 amide bonds. The van der Waals surface area contributed by atoms with E-state index in [9.17, 15) is 4.39 Å². The van der Waals surface area contributed by atoms with Gasteiger partial charge in [-0.05, 0) is 24.1 Å². The number of nitrogens with zero attached hydrogens (tertiary/aromatic N) is 2. The third-order valence-electron chi connectivity index (χ3n) is 2.97. The van der Waals surface area contributed by atoms with Crippen LogP contribution in [0.15, 0.2) is 24.4 Å². The van der Waals surface area contributed by atoms with Gasteiger partial charge >= 0.3 is 0 Å². The molecule has 0 radical (unpaired) electrons. The van der Waals surface area contributed by atoms with Crippen LogP contribution in [0.3, 0.4) is 0 Å².